The molecule has 5 nitrogen and oxygen atoms in total. The van der Waals surface area contributed by atoms with Crippen LogP contribution in [0, 0.1) is 12.8 Å². The summed E-state index contributed by atoms with van der Waals surface area (Å²) in [5, 5.41) is 0. The summed E-state index contributed by atoms with van der Waals surface area (Å²) in [5.74, 6) is -1.49. The van der Waals surface area contributed by atoms with Gasteiger partial charge in [0.25, 0.3) is 0 Å². The van der Waals surface area contributed by atoms with Crippen LogP contribution < -0.4 is 0 Å². The van der Waals surface area contributed by atoms with E-state index in [0.717, 1.165) is 11.3 Å². The number of hydrogen-bond acceptors (Lipinski definition) is 5. The van der Waals surface area contributed by atoms with Crippen molar-refractivity contribution >= 4 is 11.9 Å². The van der Waals surface area contributed by atoms with E-state index in [1.165, 1.54) is 0 Å². The van der Waals surface area contributed by atoms with E-state index in [2.05, 4.69) is 4.98 Å². The lowest BCUT2D eigenvalue weighted by Gasteiger charge is -2.21. The number of nitrogens with zero attached hydrogens (tertiary/aromatic N) is 1. The molecule has 2 unspecified atom stereocenters. The maximum Gasteiger partial charge on any atom is 0.310 e. The van der Waals surface area contributed by atoms with Gasteiger partial charge >= 0.3 is 11.9 Å². The molecule has 2 atom stereocenters. The third-order valence-corrected chi connectivity index (χ3v) is 3.34. The monoisotopic (exact) mass is 293 g/mol. The van der Waals surface area contributed by atoms with Crippen molar-refractivity contribution in [2.75, 3.05) is 13.2 Å². The Labute approximate surface area is 125 Å². The number of pyridine rings is 1. The molecule has 0 saturated heterocycles. The molecular formula is C16H23NO4. The van der Waals surface area contributed by atoms with E-state index < -0.39 is 5.92 Å². The van der Waals surface area contributed by atoms with Crippen molar-refractivity contribution in [1.82, 2.24) is 4.98 Å². The van der Waals surface area contributed by atoms with Crippen molar-refractivity contribution in [3.05, 3.63) is 29.6 Å². The average molecular weight is 293 g/mol. The molecule has 0 fully saturated rings. The molecule has 1 rings (SSSR count). The summed E-state index contributed by atoms with van der Waals surface area (Å²) >= 11 is 0. The van der Waals surface area contributed by atoms with Crippen molar-refractivity contribution in [1.29, 1.82) is 0 Å². The molecule has 1 heterocycles. The van der Waals surface area contributed by atoms with Crippen LogP contribution in [0.5, 0.6) is 0 Å². The lowest BCUT2D eigenvalue weighted by molar-refractivity contribution is -0.155. The van der Waals surface area contributed by atoms with Gasteiger partial charge in [-0.15, -0.1) is 0 Å². The first-order valence-electron chi connectivity index (χ1n) is 7.24. The number of esters is 2. The topological polar surface area (TPSA) is 65.5 Å². The number of rotatable bonds is 7. The van der Waals surface area contributed by atoms with Gasteiger partial charge in [-0.2, -0.15) is 0 Å². The number of ether oxygens (including phenoxy) is 2. The fourth-order valence-corrected chi connectivity index (χ4v) is 2.09. The van der Waals surface area contributed by atoms with Gasteiger partial charge in [0, 0.05) is 11.9 Å². The van der Waals surface area contributed by atoms with E-state index in [9.17, 15) is 9.59 Å². The van der Waals surface area contributed by atoms with Crippen molar-refractivity contribution in [2.24, 2.45) is 5.92 Å². The smallest absolute Gasteiger partial charge is 0.310 e. The van der Waals surface area contributed by atoms with Gasteiger partial charge < -0.3 is 9.47 Å². The average Bonchev–Trinajstić information content (AvgIpc) is 2.45. The predicted octanol–water partition coefficient (Wildman–Crippen LogP) is 2.63. The molecule has 5 heteroatoms. The highest BCUT2D eigenvalue weighted by atomic mass is 16.5. The van der Waals surface area contributed by atoms with Crippen molar-refractivity contribution < 1.29 is 19.1 Å². The minimum atomic E-state index is -0.562. The SMILES string of the molecule is CCOC(=O)CC(C(=O)OCC)C(C)c1ccc(C)nc1. The summed E-state index contributed by atoms with van der Waals surface area (Å²) in [6.45, 7) is 7.87. The molecule has 0 bridgehead atoms. The second-order valence-electron chi connectivity index (χ2n) is 4.89. The molecule has 0 radical (unpaired) electrons. The molecule has 1 aromatic heterocycles. The summed E-state index contributed by atoms with van der Waals surface area (Å²) in [6, 6.07) is 3.81. The molecule has 116 valence electrons. The highest BCUT2D eigenvalue weighted by molar-refractivity contribution is 5.80. The largest absolute Gasteiger partial charge is 0.466 e. The Bertz CT molecular complexity index is 470. The fourth-order valence-electron chi connectivity index (χ4n) is 2.09. The van der Waals surface area contributed by atoms with Crippen molar-refractivity contribution in [2.45, 2.75) is 40.0 Å². The Morgan fingerprint density at radius 2 is 1.86 bits per heavy atom. The molecule has 21 heavy (non-hydrogen) atoms. The van der Waals surface area contributed by atoms with Crippen molar-refractivity contribution in [3.8, 4) is 0 Å². The van der Waals surface area contributed by atoms with Gasteiger partial charge in [-0.25, -0.2) is 0 Å². The van der Waals surface area contributed by atoms with E-state index in [0.29, 0.717) is 6.61 Å². The summed E-state index contributed by atoms with van der Waals surface area (Å²) in [6.07, 6.45) is 1.75. The first kappa shape index (κ1) is 17.1. The lowest BCUT2D eigenvalue weighted by atomic mass is 9.86. The number of carbonyl (C=O) groups excluding carboxylic acids is 2. The van der Waals surface area contributed by atoms with Gasteiger partial charge in [-0.3, -0.25) is 14.6 Å². The van der Waals surface area contributed by atoms with E-state index in [1.807, 2.05) is 26.0 Å². The molecule has 0 aliphatic rings. The quantitative estimate of drug-likeness (QED) is 0.723. The van der Waals surface area contributed by atoms with Crippen LogP contribution in [-0.4, -0.2) is 30.1 Å². The Morgan fingerprint density at radius 3 is 2.38 bits per heavy atom. The van der Waals surface area contributed by atoms with Gasteiger partial charge in [-0.05, 0) is 38.3 Å². The zero-order valence-corrected chi connectivity index (χ0v) is 13.1. The summed E-state index contributed by atoms with van der Waals surface area (Å²) in [4.78, 5) is 28.1. The van der Waals surface area contributed by atoms with Crippen LogP contribution in [0.15, 0.2) is 18.3 Å². The molecule has 0 saturated carbocycles. The summed E-state index contributed by atoms with van der Waals surface area (Å²) < 4.78 is 10.0. The first-order chi connectivity index (χ1) is 9.99. The zero-order valence-electron chi connectivity index (χ0n) is 13.1. The molecule has 1 aromatic rings. The van der Waals surface area contributed by atoms with Crippen LogP contribution in [0.25, 0.3) is 0 Å². The maximum absolute atomic E-state index is 12.1. The Hall–Kier alpha value is -1.91. The third kappa shape index (κ3) is 5.17. The van der Waals surface area contributed by atoms with Crippen LogP contribution in [0.1, 0.15) is 44.4 Å². The summed E-state index contributed by atoms with van der Waals surface area (Å²) in [5.41, 5.74) is 1.81. The van der Waals surface area contributed by atoms with E-state index in [-0.39, 0.29) is 30.9 Å². The van der Waals surface area contributed by atoms with Gasteiger partial charge in [0.1, 0.15) is 0 Å². The molecule has 0 aliphatic carbocycles. The first-order valence-corrected chi connectivity index (χ1v) is 7.24. The zero-order chi connectivity index (χ0) is 15.8. The van der Waals surface area contributed by atoms with Gasteiger partial charge in [-0.1, -0.05) is 13.0 Å². The van der Waals surface area contributed by atoms with Crippen LogP contribution in [-0.2, 0) is 19.1 Å². The minimum absolute atomic E-state index is 0.0156. The van der Waals surface area contributed by atoms with E-state index >= 15 is 0 Å². The standard InChI is InChI=1S/C16H23NO4/c1-5-20-15(18)9-14(16(19)21-6-2)12(4)13-8-7-11(3)17-10-13/h7-8,10,12,14H,5-6,9H2,1-4H3. The van der Waals surface area contributed by atoms with Crippen LogP contribution in [0.3, 0.4) is 0 Å². The normalized spacial score (nSPS) is 13.3. The third-order valence-electron chi connectivity index (χ3n) is 3.34. The molecule has 0 aromatic carbocycles. The molecule has 0 aliphatic heterocycles. The Balaban J connectivity index is 2.90. The predicted molar refractivity (Wildman–Crippen MR) is 78.8 cm³/mol. The molecule has 0 N–H and O–H groups in total. The number of aromatic nitrogens is 1. The number of hydrogen-bond donors (Lipinski definition) is 0. The van der Waals surface area contributed by atoms with Gasteiger partial charge in [0.15, 0.2) is 0 Å². The number of carbonyl (C=O) groups is 2. The lowest BCUT2D eigenvalue weighted by Crippen LogP contribution is -2.27. The van der Waals surface area contributed by atoms with E-state index in [1.54, 1.807) is 20.0 Å². The van der Waals surface area contributed by atoms with Crippen LogP contribution in [0.2, 0.25) is 0 Å². The van der Waals surface area contributed by atoms with E-state index in [4.69, 9.17) is 9.47 Å². The molecule has 0 spiro atoms. The van der Waals surface area contributed by atoms with Gasteiger partial charge in [0.05, 0.1) is 25.6 Å². The highest BCUT2D eigenvalue weighted by Crippen LogP contribution is 2.28. The summed E-state index contributed by atoms with van der Waals surface area (Å²) in [7, 11) is 0. The fraction of sp³-hybridized carbons (Fsp3) is 0.562. The second-order valence-corrected chi connectivity index (χ2v) is 4.89. The molecule has 0 amide bonds. The number of aryl methyl sites for hydroxylation is 1. The van der Waals surface area contributed by atoms with Crippen LogP contribution in [0.4, 0.5) is 0 Å². The van der Waals surface area contributed by atoms with Gasteiger partial charge in [0.2, 0.25) is 0 Å². The van der Waals surface area contributed by atoms with Crippen LogP contribution >= 0.6 is 0 Å². The molecular weight excluding hydrogens is 270 g/mol. The second kappa shape index (κ2) is 8.39. The Morgan fingerprint density at radius 1 is 1.19 bits per heavy atom. The highest BCUT2D eigenvalue weighted by Gasteiger charge is 2.30. The minimum Gasteiger partial charge on any atom is -0.466 e. The maximum atomic E-state index is 12.1. The Kier molecular flexibility index (Phi) is 6.85. The van der Waals surface area contributed by atoms with Crippen molar-refractivity contribution in [3.63, 3.8) is 0 Å².